The number of phenols is 1. The van der Waals surface area contributed by atoms with Crippen LogP contribution < -0.4 is 4.74 Å². The van der Waals surface area contributed by atoms with Crippen molar-refractivity contribution >= 4 is 56.2 Å². The van der Waals surface area contributed by atoms with E-state index in [9.17, 15) is 9.90 Å². The van der Waals surface area contributed by atoms with Crippen molar-refractivity contribution in [1.82, 2.24) is 4.90 Å². The minimum absolute atomic E-state index is 0.0331. The van der Waals surface area contributed by atoms with Crippen molar-refractivity contribution in [2.75, 3.05) is 13.7 Å². The second kappa shape index (κ2) is 6.15. The summed E-state index contributed by atoms with van der Waals surface area (Å²) in [4.78, 5) is 14.2. The number of phenolic OH excluding ortho intramolecular Hbond substituents is 1. The van der Waals surface area contributed by atoms with Crippen LogP contribution in [-0.2, 0) is 4.79 Å². The summed E-state index contributed by atoms with van der Waals surface area (Å²) < 4.78 is 6.16. The van der Waals surface area contributed by atoms with Crippen molar-refractivity contribution in [2.24, 2.45) is 0 Å². The number of carbonyl (C=O) groups is 1. The van der Waals surface area contributed by atoms with Gasteiger partial charge in [0.2, 0.25) is 0 Å². The predicted molar refractivity (Wildman–Crippen MR) is 87.9 cm³/mol. The summed E-state index contributed by atoms with van der Waals surface area (Å²) in [5.74, 6) is 0.285. The number of ether oxygens (including phenoxy) is 1. The Kier molecular flexibility index (Phi) is 4.72. The van der Waals surface area contributed by atoms with Crippen LogP contribution in [0, 0.1) is 0 Å². The molecule has 106 valence electrons. The Labute approximate surface area is 134 Å². The van der Waals surface area contributed by atoms with Gasteiger partial charge >= 0.3 is 0 Å². The largest absolute Gasteiger partial charge is 0.503 e. The van der Waals surface area contributed by atoms with Gasteiger partial charge in [0.05, 0.1) is 16.5 Å². The van der Waals surface area contributed by atoms with Gasteiger partial charge in [-0.1, -0.05) is 24.0 Å². The highest BCUT2D eigenvalue weighted by atomic mass is 79.9. The Morgan fingerprint density at radius 3 is 2.80 bits per heavy atom. The molecule has 2 rings (SSSR count). The minimum atomic E-state index is -0.0920. The summed E-state index contributed by atoms with van der Waals surface area (Å²) in [6, 6.07) is 3.38. The smallest absolute Gasteiger partial charge is 0.266 e. The zero-order chi connectivity index (χ0) is 14.9. The fourth-order valence-corrected chi connectivity index (χ4v) is 3.60. The molecule has 1 aromatic carbocycles. The van der Waals surface area contributed by atoms with Gasteiger partial charge in [-0.15, -0.1) is 0 Å². The first-order valence-electron chi connectivity index (χ1n) is 5.79. The van der Waals surface area contributed by atoms with Crippen molar-refractivity contribution < 1.29 is 14.6 Å². The van der Waals surface area contributed by atoms with Gasteiger partial charge in [0.1, 0.15) is 4.32 Å². The standard InChI is InChI=1S/C13H12BrNO3S2/c1-3-15-12(17)10(20-13(15)19)6-7-4-8(14)11(16)9(5-7)18-2/h4-6,16H,3H2,1-2H3/b10-6-. The third kappa shape index (κ3) is 2.84. The van der Waals surface area contributed by atoms with E-state index in [1.807, 2.05) is 6.92 Å². The first-order valence-corrected chi connectivity index (χ1v) is 7.81. The fraction of sp³-hybridized carbons (Fsp3) is 0.231. The van der Waals surface area contributed by atoms with Gasteiger partial charge < -0.3 is 9.84 Å². The molecule has 0 saturated carbocycles. The van der Waals surface area contributed by atoms with Crippen LogP contribution >= 0.6 is 39.9 Å². The molecule has 1 saturated heterocycles. The van der Waals surface area contributed by atoms with Crippen molar-refractivity contribution in [3.05, 3.63) is 27.1 Å². The molecular weight excluding hydrogens is 362 g/mol. The van der Waals surface area contributed by atoms with Gasteiger partial charge in [-0.3, -0.25) is 9.69 Å². The van der Waals surface area contributed by atoms with Gasteiger partial charge in [-0.2, -0.15) is 0 Å². The molecule has 0 radical (unpaired) electrons. The number of thiocarbonyl (C=S) groups is 1. The highest BCUT2D eigenvalue weighted by Crippen LogP contribution is 2.38. The van der Waals surface area contributed by atoms with Crippen molar-refractivity contribution in [1.29, 1.82) is 0 Å². The molecule has 1 N–H and O–H groups in total. The molecule has 0 aromatic heterocycles. The van der Waals surface area contributed by atoms with Gasteiger partial charge in [0, 0.05) is 6.54 Å². The molecule has 0 bridgehead atoms. The molecule has 0 spiro atoms. The third-order valence-corrected chi connectivity index (χ3v) is 4.74. The van der Waals surface area contributed by atoms with Crippen LogP contribution in [0.15, 0.2) is 21.5 Å². The predicted octanol–water partition coefficient (Wildman–Crippen LogP) is 3.38. The van der Waals surface area contributed by atoms with Crippen LogP contribution in [0.1, 0.15) is 12.5 Å². The number of halogens is 1. The van der Waals surface area contributed by atoms with E-state index < -0.39 is 0 Å². The zero-order valence-electron chi connectivity index (χ0n) is 10.8. The van der Waals surface area contributed by atoms with Crippen LogP contribution in [0.5, 0.6) is 11.5 Å². The van der Waals surface area contributed by atoms with E-state index in [1.54, 1.807) is 23.1 Å². The average molecular weight is 374 g/mol. The van der Waals surface area contributed by atoms with Crippen molar-refractivity contribution in [3.63, 3.8) is 0 Å². The topological polar surface area (TPSA) is 49.8 Å². The first-order chi connectivity index (χ1) is 9.47. The highest BCUT2D eigenvalue weighted by Gasteiger charge is 2.30. The SMILES string of the molecule is CCN1C(=O)/C(=C/c2cc(Br)c(O)c(OC)c2)SC1=S. The van der Waals surface area contributed by atoms with Gasteiger partial charge in [0.15, 0.2) is 11.5 Å². The van der Waals surface area contributed by atoms with E-state index in [4.69, 9.17) is 17.0 Å². The van der Waals surface area contributed by atoms with Crippen LogP contribution in [0.2, 0.25) is 0 Å². The lowest BCUT2D eigenvalue weighted by Crippen LogP contribution is -2.27. The molecule has 7 heteroatoms. The summed E-state index contributed by atoms with van der Waals surface area (Å²) >= 11 is 9.69. The second-order valence-corrected chi connectivity index (χ2v) is 6.51. The Balaban J connectivity index is 2.39. The Morgan fingerprint density at radius 2 is 2.25 bits per heavy atom. The summed E-state index contributed by atoms with van der Waals surface area (Å²) in [7, 11) is 1.47. The molecule has 1 heterocycles. The number of hydrogen-bond acceptors (Lipinski definition) is 5. The number of carbonyl (C=O) groups excluding carboxylic acids is 1. The number of benzene rings is 1. The minimum Gasteiger partial charge on any atom is -0.503 e. The van der Waals surface area contributed by atoms with E-state index in [0.29, 0.717) is 26.0 Å². The third-order valence-electron chi connectivity index (χ3n) is 2.76. The molecule has 4 nitrogen and oxygen atoms in total. The average Bonchev–Trinajstić information content (AvgIpc) is 2.68. The Hall–Kier alpha value is -1.05. The van der Waals surface area contributed by atoms with Gasteiger partial charge in [-0.05, 0) is 46.6 Å². The molecule has 20 heavy (non-hydrogen) atoms. The van der Waals surface area contributed by atoms with E-state index in [-0.39, 0.29) is 11.7 Å². The maximum Gasteiger partial charge on any atom is 0.266 e. The second-order valence-electron chi connectivity index (χ2n) is 3.98. The monoisotopic (exact) mass is 373 g/mol. The number of aromatic hydroxyl groups is 1. The lowest BCUT2D eigenvalue weighted by molar-refractivity contribution is -0.121. The molecular formula is C13H12BrNO3S2. The summed E-state index contributed by atoms with van der Waals surface area (Å²) in [6.07, 6.45) is 1.74. The summed E-state index contributed by atoms with van der Waals surface area (Å²) in [6.45, 7) is 2.44. The van der Waals surface area contributed by atoms with Gasteiger partial charge in [-0.25, -0.2) is 0 Å². The van der Waals surface area contributed by atoms with E-state index in [1.165, 1.54) is 18.9 Å². The molecule has 1 fully saturated rings. The number of likely N-dealkylation sites (N-methyl/N-ethyl adjacent to an activating group) is 1. The van der Waals surface area contributed by atoms with E-state index in [2.05, 4.69) is 15.9 Å². The van der Waals surface area contributed by atoms with Gasteiger partial charge in [0.25, 0.3) is 5.91 Å². The molecule has 0 atom stereocenters. The molecule has 1 aliphatic heterocycles. The van der Waals surface area contributed by atoms with Crippen molar-refractivity contribution in [2.45, 2.75) is 6.92 Å². The molecule has 0 aliphatic carbocycles. The number of amides is 1. The summed E-state index contributed by atoms with van der Waals surface area (Å²) in [5.41, 5.74) is 0.753. The van der Waals surface area contributed by atoms with Crippen LogP contribution in [-0.4, -0.2) is 33.9 Å². The highest BCUT2D eigenvalue weighted by molar-refractivity contribution is 9.10. The maximum absolute atomic E-state index is 12.1. The Bertz CT molecular complexity index is 616. The van der Waals surface area contributed by atoms with Crippen molar-refractivity contribution in [3.8, 4) is 11.5 Å². The summed E-state index contributed by atoms with van der Waals surface area (Å²) in [5, 5.41) is 9.76. The number of nitrogens with zero attached hydrogens (tertiary/aromatic N) is 1. The van der Waals surface area contributed by atoms with Crippen LogP contribution in [0.3, 0.4) is 0 Å². The number of rotatable bonds is 3. The quantitative estimate of drug-likeness (QED) is 0.649. The Morgan fingerprint density at radius 1 is 1.55 bits per heavy atom. The molecule has 1 aliphatic rings. The van der Waals surface area contributed by atoms with Crippen LogP contribution in [0.4, 0.5) is 0 Å². The lowest BCUT2D eigenvalue weighted by Gasteiger charge is -2.09. The molecule has 0 unspecified atom stereocenters. The van der Waals surface area contributed by atoms with E-state index >= 15 is 0 Å². The first kappa shape index (κ1) is 15.3. The zero-order valence-corrected chi connectivity index (χ0v) is 14.1. The normalized spacial score (nSPS) is 17.1. The number of hydrogen-bond donors (Lipinski definition) is 1. The maximum atomic E-state index is 12.1. The molecule has 1 aromatic rings. The fourth-order valence-electron chi connectivity index (χ4n) is 1.76. The van der Waals surface area contributed by atoms with Crippen LogP contribution in [0.25, 0.3) is 6.08 Å². The molecule has 1 amide bonds. The number of methoxy groups -OCH3 is 1. The number of thioether (sulfide) groups is 1. The van der Waals surface area contributed by atoms with E-state index in [0.717, 1.165) is 5.56 Å². The lowest BCUT2D eigenvalue weighted by atomic mass is 10.2.